The van der Waals surface area contributed by atoms with Crippen LogP contribution in [0.2, 0.25) is 0 Å². The van der Waals surface area contributed by atoms with Gasteiger partial charge in [0.05, 0.1) is 39.9 Å². The summed E-state index contributed by atoms with van der Waals surface area (Å²) in [6.07, 6.45) is 105. The van der Waals surface area contributed by atoms with Crippen molar-refractivity contribution >= 4 is 13.7 Å². The molecule has 8 nitrogen and oxygen atoms in total. The molecule has 0 saturated carbocycles. The maximum atomic E-state index is 13.1. The summed E-state index contributed by atoms with van der Waals surface area (Å²) >= 11 is 0. The van der Waals surface area contributed by atoms with Crippen molar-refractivity contribution in [3.8, 4) is 0 Å². The standard InChI is InChI=1S/C84H159N2O6P/c1-6-8-10-12-14-16-18-20-22-24-26-28-30-32-34-36-38-39-40-41-42-43-44-45-46-47-48-50-52-54-56-58-60-62-64-66-68-70-72-74-76-78-84(88)85-82(81-92-93(89,90)91-80-79-86(3,4)5)83(87)77-75-73-71-69-67-65-63-61-59-57-55-53-51-49-37-35-33-31-29-27-25-23-21-19-17-15-13-11-9-7-2/h8,10,14,16,20,22,26,28,32,34,75,77,82-83,87H,6-7,9,11-13,15,17-19,21,23-25,27,29-31,33,35-74,76,78-81H2,1-5H3,(H-,85,88,89,90)/b10-8-,16-14-,22-20-,28-26-,34-32-,77-75+. The van der Waals surface area contributed by atoms with Crippen molar-refractivity contribution in [3.05, 3.63) is 72.9 Å². The summed E-state index contributed by atoms with van der Waals surface area (Å²) in [5, 5.41) is 14.0. The highest BCUT2D eigenvalue weighted by atomic mass is 31.2. The van der Waals surface area contributed by atoms with Crippen LogP contribution in [0.1, 0.15) is 406 Å². The zero-order valence-corrected chi connectivity index (χ0v) is 63.6. The zero-order valence-electron chi connectivity index (χ0n) is 62.7. The molecule has 0 aromatic rings. The first-order valence-corrected chi connectivity index (χ1v) is 42.3. The van der Waals surface area contributed by atoms with E-state index in [-0.39, 0.29) is 19.1 Å². The fourth-order valence-electron chi connectivity index (χ4n) is 12.4. The van der Waals surface area contributed by atoms with Crippen LogP contribution in [0.3, 0.4) is 0 Å². The highest BCUT2D eigenvalue weighted by molar-refractivity contribution is 7.45. The van der Waals surface area contributed by atoms with E-state index in [1.165, 1.54) is 315 Å². The number of nitrogens with one attached hydrogen (secondary N) is 1. The molecule has 1 amide bonds. The Morgan fingerprint density at radius 1 is 0.387 bits per heavy atom. The molecule has 2 N–H and O–H groups in total. The van der Waals surface area contributed by atoms with Crippen LogP contribution in [0, 0.1) is 0 Å². The van der Waals surface area contributed by atoms with Gasteiger partial charge in [-0.1, -0.05) is 408 Å². The number of phosphoric acid groups is 1. The second-order valence-corrected chi connectivity index (χ2v) is 30.5. The summed E-state index contributed by atoms with van der Waals surface area (Å²) in [5.41, 5.74) is 0. The molecule has 546 valence electrons. The third-order valence-electron chi connectivity index (χ3n) is 18.7. The fraction of sp³-hybridized carbons (Fsp3) is 0.845. The van der Waals surface area contributed by atoms with Gasteiger partial charge in [0.25, 0.3) is 7.82 Å². The van der Waals surface area contributed by atoms with E-state index in [2.05, 4.69) is 79.9 Å². The average molecular weight is 1320 g/mol. The van der Waals surface area contributed by atoms with Gasteiger partial charge < -0.3 is 28.8 Å². The monoisotopic (exact) mass is 1320 g/mol. The Bertz CT molecular complexity index is 1750. The van der Waals surface area contributed by atoms with Gasteiger partial charge in [0.2, 0.25) is 5.91 Å². The number of aliphatic hydroxyl groups is 1. The number of carbonyl (C=O) groups excluding carboxylic acids is 1. The van der Waals surface area contributed by atoms with Crippen LogP contribution >= 0.6 is 7.82 Å². The Kier molecular flexibility index (Phi) is 72.5. The summed E-state index contributed by atoms with van der Waals surface area (Å²) in [5.74, 6) is -0.189. The number of rotatable bonds is 76. The molecule has 0 heterocycles. The van der Waals surface area contributed by atoms with Crippen molar-refractivity contribution in [2.75, 3.05) is 40.9 Å². The Labute approximate surface area is 580 Å². The maximum Gasteiger partial charge on any atom is 0.268 e. The second kappa shape index (κ2) is 74.2. The Hall–Kier alpha value is -2.06. The predicted octanol–water partition coefficient (Wildman–Crippen LogP) is 26.2. The SMILES string of the molecule is CC/C=C\C/C=C\C/C=C\C/C=C\C/C=C\CCCCCCCCCCCCCCCCCCCCCCCCCCCC(=O)NC(COP(=O)([O-])OCC[N+](C)(C)C)C(O)/C=C/CCCCCCCCCCCCCCCCCCCCCCCCCCCCCC. The lowest BCUT2D eigenvalue weighted by Gasteiger charge is -2.29. The Balaban J connectivity index is 3.92. The summed E-state index contributed by atoms with van der Waals surface area (Å²) in [6.45, 7) is 4.60. The molecule has 0 fully saturated rings. The van der Waals surface area contributed by atoms with Gasteiger partial charge in [-0.2, -0.15) is 0 Å². The number of hydrogen-bond donors (Lipinski definition) is 2. The number of amides is 1. The molecule has 0 aliphatic rings. The normalized spacial score (nSPS) is 13.8. The minimum Gasteiger partial charge on any atom is -0.756 e. The maximum absolute atomic E-state index is 13.1. The lowest BCUT2D eigenvalue weighted by Crippen LogP contribution is -2.45. The van der Waals surface area contributed by atoms with Crippen LogP contribution in [0.4, 0.5) is 0 Å². The Morgan fingerprint density at radius 3 is 0.957 bits per heavy atom. The first kappa shape index (κ1) is 90.9. The third-order valence-corrected chi connectivity index (χ3v) is 19.6. The number of unbranched alkanes of at least 4 members (excludes halogenated alkanes) is 53. The summed E-state index contributed by atoms with van der Waals surface area (Å²) in [4.78, 5) is 25.7. The lowest BCUT2D eigenvalue weighted by atomic mass is 10.0. The van der Waals surface area contributed by atoms with Gasteiger partial charge >= 0.3 is 0 Å². The second-order valence-electron chi connectivity index (χ2n) is 29.1. The van der Waals surface area contributed by atoms with Gasteiger partial charge in [-0.3, -0.25) is 9.36 Å². The quantitative estimate of drug-likeness (QED) is 0.0272. The van der Waals surface area contributed by atoms with Crippen molar-refractivity contribution in [2.24, 2.45) is 0 Å². The molecule has 0 bridgehead atoms. The third kappa shape index (κ3) is 77.2. The molecule has 0 saturated heterocycles. The summed E-state index contributed by atoms with van der Waals surface area (Å²) in [7, 11) is 1.28. The topological polar surface area (TPSA) is 108 Å². The molecular formula is C84H159N2O6P. The van der Waals surface area contributed by atoms with Gasteiger partial charge in [0.1, 0.15) is 13.2 Å². The number of quaternary nitrogens is 1. The molecule has 93 heavy (non-hydrogen) atoms. The van der Waals surface area contributed by atoms with E-state index in [4.69, 9.17) is 9.05 Å². The first-order chi connectivity index (χ1) is 45.5. The Morgan fingerprint density at radius 2 is 0.656 bits per heavy atom. The summed E-state index contributed by atoms with van der Waals surface area (Å²) < 4.78 is 23.5. The summed E-state index contributed by atoms with van der Waals surface area (Å²) in [6, 6.07) is -0.889. The number of phosphoric ester groups is 1. The van der Waals surface area contributed by atoms with Gasteiger partial charge in [-0.15, -0.1) is 0 Å². The smallest absolute Gasteiger partial charge is 0.268 e. The molecule has 0 aromatic carbocycles. The van der Waals surface area contributed by atoms with Gasteiger partial charge in [0, 0.05) is 6.42 Å². The zero-order chi connectivity index (χ0) is 67.6. The van der Waals surface area contributed by atoms with E-state index in [0.717, 1.165) is 70.6 Å². The number of aliphatic hydroxyl groups excluding tert-OH is 1. The van der Waals surface area contributed by atoms with Crippen LogP contribution in [-0.4, -0.2) is 68.5 Å². The van der Waals surface area contributed by atoms with Crippen LogP contribution in [0.5, 0.6) is 0 Å². The van der Waals surface area contributed by atoms with E-state index in [1.807, 2.05) is 27.2 Å². The molecular weight excluding hydrogens is 1160 g/mol. The van der Waals surface area contributed by atoms with E-state index < -0.39 is 20.0 Å². The van der Waals surface area contributed by atoms with Crippen molar-refractivity contribution in [2.45, 2.75) is 418 Å². The van der Waals surface area contributed by atoms with Gasteiger partial charge in [-0.25, -0.2) is 0 Å². The molecule has 3 atom stereocenters. The van der Waals surface area contributed by atoms with Crippen molar-refractivity contribution in [3.63, 3.8) is 0 Å². The van der Waals surface area contributed by atoms with Crippen molar-refractivity contribution in [1.29, 1.82) is 0 Å². The molecule has 0 spiro atoms. The molecule has 0 aromatic heterocycles. The predicted molar refractivity (Wildman–Crippen MR) is 408 cm³/mol. The number of allylic oxidation sites excluding steroid dienone is 11. The van der Waals surface area contributed by atoms with E-state index in [1.54, 1.807) is 6.08 Å². The van der Waals surface area contributed by atoms with Crippen LogP contribution in [0.25, 0.3) is 0 Å². The molecule has 3 unspecified atom stereocenters. The molecule has 0 rings (SSSR count). The molecule has 0 aliphatic heterocycles. The first-order valence-electron chi connectivity index (χ1n) is 40.8. The largest absolute Gasteiger partial charge is 0.756 e. The highest BCUT2D eigenvalue weighted by Gasteiger charge is 2.23. The minimum absolute atomic E-state index is 0.000355. The van der Waals surface area contributed by atoms with Crippen LogP contribution < -0.4 is 10.2 Å². The van der Waals surface area contributed by atoms with Gasteiger partial charge in [0.15, 0.2) is 0 Å². The van der Waals surface area contributed by atoms with E-state index in [9.17, 15) is 19.4 Å². The van der Waals surface area contributed by atoms with E-state index >= 15 is 0 Å². The average Bonchev–Trinajstić information content (AvgIpc) is 2.75. The fourth-order valence-corrected chi connectivity index (χ4v) is 13.1. The molecule has 0 aliphatic carbocycles. The van der Waals surface area contributed by atoms with Crippen molar-refractivity contribution < 1.29 is 32.9 Å². The van der Waals surface area contributed by atoms with Gasteiger partial charge in [-0.05, 0) is 64.2 Å². The van der Waals surface area contributed by atoms with Crippen LogP contribution in [-0.2, 0) is 18.4 Å². The lowest BCUT2D eigenvalue weighted by molar-refractivity contribution is -0.870. The minimum atomic E-state index is -4.61. The number of likely N-dealkylation sites (N-methyl/N-ethyl adjacent to an activating group) is 1. The van der Waals surface area contributed by atoms with E-state index in [0.29, 0.717) is 17.4 Å². The molecule has 0 radical (unpaired) electrons. The van der Waals surface area contributed by atoms with Crippen molar-refractivity contribution in [1.82, 2.24) is 5.32 Å². The number of nitrogens with zero attached hydrogens (tertiary/aromatic N) is 1. The molecule has 9 heteroatoms. The highest BCUT2D eigenvalue weighted by Crippen LogP contribution is 2.38. The number of carbonyl (C=O) groups is 1. The number of hydrogen-bond acceptors (Lipinski definition) is 6. The van der Waals surface area contributed by atoms with Crippen LogP contribution in [0.15, 0.2) is 72.9 Å².